The highest BCUT2D eigenvalue weighted by Gasteiger charge is 2.49. The van der Waals surface area contributed by atoms with Crippen LogP contribution in [-0.4, -0.2) is 34.0 Å². The molecule has 12 heteroatoms. The first-order valence-electron chi connectivity index (χ1n) is 11.1. The summed E-state index contributed by atoms with van der Waals surface area (Å²) in [4.78, 5) is 18.6. The Hall–Kier alpha value is -2.89. The van der Waals surface area contributed by atoms with Crippen molar-refractivity contribution in [3.63, 3.8) is 0 Å². The SMILES string of the molecule is CCCCCC(CC)CO.O=C1Nc2nccc(-c3cc(C(F)(F)F)ccn3)c2C(C(F)(F)F)O1. The van der Waals surface area contributed by atoms with E-state index in [9.17, 15) is 31.1 Å². The molecule has 194 valence electrons. The summed E-state index contributed by atoms with van der Waals surface area (Å²) in [5, 5.41) is 10.8. The van der Waals surface area contributed by atoms with E-state index in [1.165, 1.54) is 25.7 Å². The number of unbranched alkanes of at least 4 members (excludes halogenated alkanes) is 2. The van der Waals surface area contributed by atoms with E-state index in [1.807, 2.05) is 5.32 Å². The highest BCUT2D eigenvalue weighted by Crippen LogP contribution is 2.45. The average Bonchev–Trinajstić information content (AvgIpc) is 2.80. The van der Waals surface area contributed by atoms with Gasteiger partial charge in [0.15, 0.2) is 0 Å². The number of alkyl halides is 6. The van der Waals surface area contributed by atoms with Crippen LogP contribution in [0.25, 0.3) is 11.3 Å². The van der Waals surface area contributed by atoms with E-state index in [-0.39, 0.29) is 11.3 Å². The molecule has 3 rings (SSSR count). The number of fused-ring (bicyclic) bond motifs is 1. The molecule has 6 nitrogen and oxygen atoms in total. The normalized spacial score (nSPS) is 16.4. The number of aliphatic hydroxyl groups excluding tert-OH is 1. The van der Waals surface area contributed by atoms with Crippen molar-refractivity contribution >= 4 is 11.9 Å². The van der Waals surface area contributed by atoms with E-state index in [2.05, 4.69) is 28.6 Å². The largest absolute Gasteiger partial charge is 0.431 e. The van der Waals surface area contributed by atoms with Crippen LogP contribution in [0.1, 0.15) is 63.2 Å². The molecule has 2 atom stereocenters. The Labute approximate surface area is 198 Å². The van der Waals surface area contributed by atoms with Crippen molar-refractivity contribution in [1.29, 1.82) is 0 Å². The fourth-order valence-electron chi connectivity index (χ4n) is 3.45. The zero-order valence-electron chi connectivity index (χ0n) is 19.2. The smallest absolute Gasteiger partial charge is 0.430 e. The molecular weight excluding hydrogens is 480 g/mol. The molecule has 1 aliphatic heterocycles. The number of nitrogens with zero attached hydrogens (tertiary/aromatic N) is 2. The summed E-state index contributed by atoms with van der Waals surface area (Å²) in [7, 11) is 0. The van der Waals surface area contributed by atoms with Gasteiger partial charge >= 0.3 is 18.4 Å². The van der Waals surface area contributed by atoms with Crippen LogP contribution in [0.4, 0.5) is 37.0 Å². The highest BCUT2D eigenvalue weighted by molar-refractivity contribution is 5.89. The topological polar surface area (TPSA) is 84.3 Å². The molecule has 0 fully saturated rings. The molecule has 0 aromatic carbocycles. The van der Waals surface area contributed by atoms with Gasteiger partial charge in [0.1, 0.15) is 5.82 Å². The van der Waals surface area contributed by atoms with Gasteiger partial charge in [-0.15, -0.1) is 0 Å². The van der Waals surface area contributed by atoms with Gasteiger partial charge in [-0.2, -0.15) is 26.3 Å². The van der Waals surface area contributed by atoms with Crippen molar-refractivity contribution in [2.45, 2.75) is 64.4 Å². The lowest BCUT2D eigenvalue weighted by atomic mass is 9.98. The number of nitrogens with one attached hydrogen (secondary N) is 1. The van der Waals surface area contributed by atoms with Crippen molar-refractivity contribution in [1.82, 2.24) is 9.97 Å². The second kappa shape index (κ2) is 12.2. The third-order valence-electron chi connectivity index (χ3n) is 5.41. The molecule has 0 spiro atoms. The van der Waals surface area contributed by atoms with Gasteiger partial charge in [0, 0.05) is 24.6 Å². The molecular formula is C23H27F6N3O3. The number of ether oxygens (including phenoxy) is 1. The molecule has 0 bridgehead atoms. The number of pyridine rings is 2. The van der Waals surface area contributed by atoms with Gasteiger partial charge in [0.25, 0.3) is 0 Å². The number of cyclic esters (lactones) is 1. The minimum Gasteiger partial charge on any atom is -0.431 e. The van der Waals surface area contributed by atoms with Gasteiger partial charge in [0.2, 0.25) is 6.10 Å². The minimum absolute atomic E-state index is 0.279. The van der Waals surface area contributed by atoms with Gasteiger partial charge in [-0.3, -0.25) is 10.3 Å². The third kappa shape index (κ3) is 7.81. The van der Waals surface area contributed by atoms with E-state index in [1.54, 1.807) is 0 Å². The summed E-state index contributed by atoms with van der Waals surface area (Å²) in [5.41, 5.74) is -2.32. The summed E-state index contributed by atoms with van der Waals surface area (Å²) < 4.78 is 82.5. The molecule has 35 heavy (non-hydrogen) atoms. The predicted octanol–water partition coefficient (Wildman–Crippen LogP) is 6.91. The number of aliphatic hydroxyl groups is 1. The van der Waals surface area contributed by atoms with Crippen molar-refractivity contribution in [2.24, 2.45) is 5.92 Å². The molecule has 0 aliphatic carbocycles. The number of hydrogen-bond acceptors (Lipinski definition) is 5. The van der Waals surface area contributed by atoms with Gasteiger partial charge in [-0.05, 0) is 30.5 Å². The lowest BCUT2D eigenvalue weighted by molar-refractivity contribution is -0.206. The lowest BCUT2D eigenvalue weighted by Crippen LogP contribution is -2.34. The quantitative estimate of drug-likeness (QED) is 0.314. The molecule has 0 saturated carbocycles. The van der Waals surface area contributed by atoms with Crippen molar-refractivity contribution < 1.29 is 41.0 Å². The number of rotatable bonds is 7. The molecule has 0 radical (unpaired) electrons. The number of hydrogen-bond donors (Lipinski definition) is 2. The van der Waals surface area contributed by atoms with Crippen molar-refractivity contribution in [3.8, 4) is 11.3 Å². The minimum atomic E-state index is -4.98. The van der Waals surface area contributed by atoms with Crippen LogP contribution < -0.4 is 5.32 Å². The molecule has 2 unspecified atom stereocenters. The molecule has 2 aromatic heterocycles. The van der Waals surface area contributed by atoms with E-state index in [0.29, 0.717) is 24.7 Å². The lowest BCUT2D eigenvalue weighted by Gasteiger charge is -2.28. The first-order valence-corrected chi connectivity index (χ1v) is 11.1. The number of carbonyl (C=O) groups excluding carboxylic acids is 1. The summed E-state index contributed by atoms with van der Waals surface area (Å²) in [6.07, 6.45) is -5.61. The molecule has 0 saturated heterocycles. The van der Waals surface area contributed by atoms with E-state index < -0.39 is 41.5 Å². The molecule has 3 heterocycles. The number of halogens is 6. The second-order valence-electron chi connectivity index (χ2n) is 7.95. The van der Waals surface area contributed by atoms with Gasteiger partial charge in [-0.25, -0.2) is 9.78 Å². The standard InChI is InChI=1S/C14H7F6N3O2.C9H20O/c15-13(16,17)6-1-3-21-8(5-6)7-2-4-22-11-9(7)10(14(18,19)20)25-12(24)23-11;1-3-5-6-7-9(4-2)8-10/h1-5,10H,(H,22,23,24);9-10H,3-8H2,1-2H3. The van der Waals surface area contributed by atoms with Crippen LogP contribution >= 0.6 is 0 Å². The summed E-state index contributed by atoms with van der Waals surface area (Å²) in [5.74, 6) is 0.113. The maximum absolute atomic E-state index is 13.2. The average molecular weight is 507 g/mol. The number of aromatic nitrogens is 2. The van der Waals surface area contributed by atoms with E-state index in [0.717, 1.165) is 24.9 Å². The van der Waals surface area contributed by atoms with Crippen molar-refractivity contribution in [2.75, 3.05) is 11.9 Å². The maximum Gasteiger partial charge on any atom is 0.430 e. The molecule has 1 aliphatic rings. The van der Waals surface area contributed by atoms with Crippen LogP contribution in [0.2, 0.25) is 0 Å². The van der Waals surface area contributed by atoms with E-state index >= 15 is 0 Å². The van der Waals surface area contributed by atoms with Crippen molar-refractivity contribution in [3.05, 3.63) is 41.7 Å². The predicted molar refractivity (Wildman–Crippen MR) is 116 cm³/mol. The van der Waals surface area contributed by atoms with Crippen LogP contribution in [-0.2, 0) is 10.9 Å². The Morgan fingerprint density at radius 2 is 1.77 bits per heavy atom. The molecule has 2 N–H and O–H groups in total. The molecule has 1 amide bonds. The van der Waals surface area contributed by atoms with Crippen LogP contribution in [0, 0.1) is 5.92 Å². The van der Waals surface area contributed by atoms with E-state index in [4.69, 9.17) is 5.11 Å². The summed E-state index contributed by atoms with van der Waals surface area (Å²) in [6.45, 7) is 4.73. The Balaban J connectivity index is 0.000000367. The summed E-state index contributed by atoms with van der Waals surface area (Å²) >= 11 is 0. The second-order valence-corrected chi connectivity index (χ2v) is 7.95. The zero-order valence-corrected chi connectivity index (χ0v) is 19.2. The van der Waals surface area contributed by atoms with Gasteiger partial charge < -0.3 is 9.84 Å². The van der Waals surface area contributed by atoms with Gasteiger partial charge in [0.05, 0.1) is 16.8 Å². The fourth-order valence-corrected chi connectivity index (χ4v) is 3.45. The Bertz CT molecular complexity index is 978. The Morgan fingerprint density at radius 3 is 2.34 bits per heavy atom. The first-order chi connectivity index (χ1) is 16.4. The van der Waals surface area contributed by atoms with Crippen LogP contribution in [0.5, 0.6) is 0 Å². The monoisotopic (exact) mass is 507 g/mol. The number of amides is 1. The number of anilines is 1. The highest BCUT2D eigenvalue weighted by atomic mass is 19.4. The summed E-state index contributed by atoms with van der Waals surface area (Å²) in [6, 6.07) is 2.37. The first kappa shape index (κ1) is 28.3. The Kier molecular flexibility index (Phi) is 9.87. The maximum atomic E-state index is 13.2. The number of carbonyl (C=O) groups is 1. The zero-order chi connectivity index (χ0) is 26.2. The van der Waals surface area contributed by atoms with Crippen LogP contribution in [0.15, 0.2) is 30.6 Å². The Morgan fingerprint density at radius 1 is 1.09 bits per heavy atom. The van der Waals surface area contributed by atoms with Crippen LogP contribution in [0.3, 0.4) is 0 Å². The fraction of sp³-hybridized carbons (Fsp3) is 0.522. The third-order valence-corrected chi connectivity index (χ3v) is 5.41. The van der Waals surface area contributed by atoms with Gasteiger partial charge in [-0.1, -0.05) is 39.5 Å². The molecule has 2 aromatic rings.